The largest absolute Gasteiger partial charge is 1.00 e. The maximum Gasteiger partial charge on any atom is 1.00 e. The molecule has 2 rings (SSSR count). The quantitative estimate of drug-likeness (QED) is 0.0135. The van der Waals surface area contributed by atoms with Crippen LogP contribution in [0, 0.1) is 0 Å². The molecule has 2 heterocycles. The first-order valence-corrected chi connectivity index (χ1v) is 25.5. The van der Waals surface area contributed by atoms with E-state index in [9.17, 15) is 47.5 Å². The Morgan fingerprint density at radius 1 is 0.562 bits per heavy atom. The normalized spacial score (nSPS) is 12.8. The third-order valence-electron chi connectivity index (χ3n) is 9.33. The van der Waals surface area contributed by atoms with Crippen LogP contribution in [0.15, 0.2) is 33.1 Å². The van der Waals surface area contributed by atoms with Crippen LogP contribution in [0.5, 0.6) is 0 Å². The van der Waals surface area contributed by atoms with Gasteiger partial charge in [-0.05, 0) is 90.0 Å². The third kappa shape index (κ3) is 42.5. The minimum absolute atomic E-state index is 0. The van der Waals surface area contributed by atoms with Gasteiger partial charge in [-0.2, -0.15) is 0 Å². The van der Waals surface area contributed by atoms with Crippen LogP contribution in [0.4, 0.5) is 9.59 Å². The molecule has 0 spiro atoms. The molecule has 0 aliphatic heterocycles. The van der Waals surface area contributed by atoms with E-state index in [-0.39, 0.29) is 122 Å². The zero-order chi connectivity index (χ0) is 53.2. The van der Waals surface area contributed by atoms with Crippen LogP contribution in [-0.2, 0) is 88.8 Å². The summed E-state index contributed by atoms with van der Waals surface area (Å²) in [5, 5.41) is 40.2. The number of hydrogen-bond donors (Lipinski definition) is 7. The number of aliphatic hydroxyl groups excluding tert-OH is 3. The van der Waals surface area contributed by atoms with Gasteiger partial charge in [0.05, 0.1) is 49.8 Å². The number of furan rings is 2. The number of esters is 2. The summed E-state index contributed by atoms with van der Waals surface area (Å²) in [6, 6.07) is 6.82. The van der Waals surface area contributed by atoms with Crippen molar-refractivity contribution in [1.82, 2.24) is 21.3 Å². The fourth-order valence-electron chi connectivity index (χ4n) is 5.76. The Hall–Kier alpha value is -3.45. The standard InChI is InChI=1S/C25H44N2O12S.C21H36N2O9.Na/c1-20(28)37-15-21(29)14-35-16-22-8-9-23(38-22)17-36-19-24(18-34-12-6-7-13-40(31,32)33)39-25(30)27-11-5-3-4-10-26-2;1-16(25)30-12-17(26)11-28-13-18-6-7-19(31-18)14-29-15-20(10-24)32-21(27)23-9-5-3-4-8-22-2;/h8-9,21,24,26,29H,3-7,10-19H2,1-2H3,(H,27,30)(H,31,32,33);6-7,17,20,22,24,26H,3-5,8-15H2,1-2H3,(H,23,27);/q;;+1/p-1. The minimum Gasteiger partial charge on any atom is -0.748 e. The van der Waals surface area contributed by atoms with Crippen LogP contribution in [0.1, 0.15) is 88.3 Å². The summed E-state index contributed by atoms with van der Waals surface area (Å²) in [7, 11) is -0.479. The molecule has 0 bridgehead atoms. The number of hydrogen-bond acceptors (Lipinski definition) is 23. The molecule has 0 fully saturated rings. The Morgan fingerprint density at radius 2 is 0.945 bits per heavy atom. The third-order valence-corrected chi connectivity index (χ3v) is 10.1. The van der Waals surface area contributed by atoms with Crippen LogP contribution in [0.3, 0.4) is 0 Å². The van der Waals surface area contributed by atoms with Gasteiger partial charge in [0.15, 0.2) is 6.10 Å². The Morgan fingerprint density at radius 3 is 1.34 bits per heavy atom. The fraction of sp³-hybridized carbons (Fsp3) is 0.739. The van der Waals surface area contributed by atoms with Crippen LogP contribution in [0.2, 0.25) is 0 Å². The van der Waals surface area contributed by atoms with E-state index >= 15 is 0 Å². The van der Waals surface area contributed by atoms with Crippen molar-refractivity contribution in [2.45, 2.75) is 116 Å². The molecule has 0 saturated heterocycles. The summed E-state index contributed by atoms with van der Waals surface area (Å²) >= 11 is 0. The zero-order valence-electron chi connectivity index (χ0n) is 43.1. The molecular weight excluding hydrogens is 1000 g/mol. The van der Waals surface area contributed by atoms with Crippen LogP contribution < -0.4 is 50.8 Å². The fourth-order valence-corrected chi connectivity index (χ4v) is 6.32. The molecule has 4 unspecified atom stereocenters. The average molecular weight is 1080 g/mol. The maximum absolute atomic E-state index is 12.2. The van der Waals surface area contributed by atoms with E-state index in [1.807, 2.05) is 14.1 Å². The predicted molar refractivity (Wildman–Crippen MR) is 255 cm³/mol. The van der Waals surface area contributed by atoms with E-state index in [0.29, 0.717) is 42.6 Å². The second kappa shape index (κ2) is 44.8. The molecule has 0 radical (unpaired) electrons. The number of carbonyl (C=O) groups is 4. The number of amides is 2. The van der Waals surface area contributed by atoms with E-state index in [0.717, 1.165) is 51.6 Å². The summed E-state index contributed by atoms with van der Waals surface area (Å²) in [4.78, 5) is 45.4. The SMILES string of the molecule is CNCCCCCNC(=O)OC(CO)COCc1ccc(COCC(O)COC(C)=O)o1.CNCCCCCNC(=O)OC(COCCCCS(=O)(=O)[O-])COCc1ccc(COCC(O)COC(C)=O)o1.[Na+]. The summed E-state index contributed by atoms with van der Waals surface area (Å²) < 4.78 is 90.5. The molecule has 4 atom stereocenters. The Bertz CT molecular complexity index is 1820. The predicted octanol–water partition coefficient (Wildman–Crippen LogP) is -1.22. The number of aliphatic hydroxyl groups is 3. The van der Waals surface area contributed by atoms with E-state index in [2.05, 4.69) is 26.0 Å². The summed E-state index contributed by atoms with van der Waals surface area (Å²) in [5.74, 6) is 0.663. The van der Waals surface area contributed by atoms with Crippen LogP contribution in [0.25, 0.3) is 0 Å². The van der Waals surface area contributed by atoms with Gasteiger partial charge in [0.25, 0.3) is 0 Å². The summed E-state index contributed by atoms with van der Waals surface area (Å²) in [5.41, 5.74) is 0. The molecule has 2 amide bonds. The van der Waals surface area contributed by atoms with Crippen molar-refractivity contribution in [2.75, 3.05) is 105 Å². The molecule has 0 aliphatic rings. The molecule has 27 heteroatoms. The van der Waals surface area contributed by atoms with Crippen molar-refractivity contribution in [3.05, 3.63) is 47.3 Å². The Balaban J connectivity index is 0.00000143. The van der Waals surface area contributed by atoms with E-state index in [4.69, 9.17) is 46.7 Å². The first-order valence-electron chi connectivity index (χ1n) is 23.9. The number of carbonyl (C=O) groups excluding carboxylic acids is 4. The maximum atomic E-state index is 12.2. The first kappa shape index (κ1) is 69.5. The number of alkyl carbamates (subject to hydrolysis) is 2. The first-order chi connectivity index (χ1) is 34.5. The van der Waals surface area contributed by atoms with Crippen molar-refractivity contribution in [1.29, 1.82) is 0 Å². The minimum atomic E-state index is -4.26. The van der Waals surface area contributed by atoms with Crippen molar-refractivity contribution in [2.24, 2.45) is 0 Å². The van der Waals surface area contributed by atoms with Crippen LogP contribution in [-0.4, -0.2) is 182 Å². The smallest absolute Gasteiger partial charge is 0.748 e. The second-order valence-corrected chi connectivity index (χ2v) is 17.7. The molecular formula is C46H79N4NaO21S. The molecule has 0 aromatic carbocycles. The molecule has 73 heavy (non-hydrogen) atoms. The summed E-state index contributed by atoms with van der Waals surface area (Å²) in [6.07, 6.45) is 1.65. The topological polar surface area (TPSA) is 344 Å². The number of rotatable bonds is 42. The molecule has 7 N–H and O–H groups in total. The van der Waals surface area contributed by atoms with Gasteiger partial charge in [0, 0.05) is 39.3 Å². The molecule has 25 nitrogen and oxygen atoms in total. The van der Waals surface area contributed by atoms with Crippen molar-refractivity contribution >= 4 is 34.2 Å². The number of unbranched alkanes of at least 4 members (excludes halogenated alkanes) is 5. The second-order valence-electron chi connectivity index (χ2n) is 16.2. The van der Waals surface area contributed by atoms with Crippen molar-refractivity contribution in [3.8, 4) is 0 Å². The molecule has 416 valence electrons. The van der Waals surface area contributed by atoms with Crippen LogP contribution >= 0.6 is 0 Å². The number of nitrogens with one attached hydrogen (secondary N) is 4. The zero-order valence-corrected chi connectivity index (χ0v) is 45.9. The monoisotopic (exact) mass is 1080 g/mol. The van der Waals surface area contributed by atoms with Gasteiger partial charge in [0.2, 0.25) is 0 Å². The molecule has 2 aromatic rings. The summed E-state index contributed by atoms with van der Waals surface area (Å²) in [6.45, 7) is 5.35. The van der Waals surface area contributed by atoms with Gasteiger partial charge in [-0.25, -0.2) is 18.0 Å². The van der Waals surface area contributed by atoms with Gasteiger partial charge in [0.1, 0.15) is 81.0 Å². The Labute approximate surface area is 450 Å². The van der Waals surface area contributed by atoms with Gasteiger partial charge in [-0.3, -0.25) is 9.59 Å². The molecule has 0 saturated carbocycles. The van der Waals surface area contributed by atoms with Gasteiger partial charge in [-0.1, -0.05) is 12.8 Å². The molecule has 0 aliphatic carbocycles. The average Bonchev–Trinajstić information content (AvgIpc) is 3.99. The van der Waals surface area contributed by atoms with E-state index in [1.165, 1.54) is 13.8 Å². The van der Waals surface area contributed by atoms with Gasteiger partial charge < -0.3 is 92.6 Å². The van der Waals surface area contributed by atoms with Crippen molar-refractivity contribution in [3.63, 3.8) is 0 Å². The van der Waals surface area contributed by atoms with Crippen molar-refractivity contribution < 1.29 is 128 Å². The van der Waals surface area contributed by atoms with E-state index < -0.39 is 64.4 Å². The van der Waals surface area contributed by atoms with Gasteiger partial charge in [-0.15, -0.1) is 0 Å². The Kier molecular flexibility index (Phi) is 42.7. The van der Waals surface area contributed by atoms with E-state index in [1.54, 1.807) is 24.3 Å². The number of ether oxygens (including phenoxy) is 9. The van der Waals surface area contributed by atoms with Gasteiger partial charge >= 0.3 is 53.7 Å². The molecule has 2 aromatic heterocycles.